The molecule has 1 heterocycles. The van der Waals surface area contributed by atoms with Gasteiger partial charge >= 0.3 is 7.12 Å². The Labute approximate surface area is 129 Å². The van der Waals surface area contributed by atoms with Gasteiger partial charge in [-0.3, -0.25) is 0 Å². The zero-order valence-electron chi connectivity index (χ0n) is 13.5. The lowest BCUT2D eigenvalue weighted by Gasteiger charge is -2.32. The number of methoxy groups -OCH3 is 1. The summed E-state index contributed by atoms with van der Waals surface area (Å²) in [6, 6.07) is 2.35. The minimum atomic E-state index is -0.818. The zero-order chi connectivity index (χ0) is 16.5. The number of hydrogen-bond donors (Lipinski definition) is 0. The van der Waals surface area contributed by atoms with Gasteiger partial charge in [-0.15, -0.1) is 0 Å². The largest absolute Gasteiger partial charge is 0.495 e. The summed E-state index contributed by atoms with van der Waals surface area (Å²) in [4.78, 5) is 0. The monoisotopic (exact) mass is 314 g/mol. The van der Waals surface area contributed by atoms with Gasteiger partial charge in [0.15, 0.2) is 17.4 Å². The molecule has 2 rings (SSSR count). The van der Waals surface area contributed by atoms with Gasteiger partial charge in [-0.05, 0) is 45.3 Å². The normalized spacial score (nSPS) is 19.5. The first-order chi connectivity index (χ1) is 10.2. The van der Waals surface area contributed by atoms with E-state index in [0.717, 1.165) is 0 Å². The molecule has 0 unspecified atom stereocenters. The topological polar surface area (TPSA) is 36.9 Å². The molecule has 4 nitrogen and oxygen atoms in total. The average Bonchev–Trinajstić information content (AvgIpc) is 2.61. The second kappa shape index (κ2) is 6.14. The Bertz CT molecular complexity index is 509. The van der Waals surface area contributed by atoms with Gasteiger partial charge in [0, 0.05) is 7.11 Å². The van der Waals surface area contributed by atoms with Crippen LogP contribution in [0.15, 0.2) is 12.1 Å². The summed E-state index contributed by atoms with van der Waals surface area (Å²) >= 11 is 0. The van der Waals surface area contributed by atoms with Crippen molar-refractivity contribution < 1.29 is 27.6 Å². The van der Waals surface area contributed by atoms with Gasteiger partial charge in [0.2, 0.25) is 0 Å². The van der Waals surface area contributed by atoms with Gasteiger partial charge in [-0.25, -0.2) is 8.78 Å². The molecule has 0 saturated carbocycles. The molecule has 122 valence electrons. The minimum absolute atomic E-state index is 0.0696. The number of hydrogen-bond acceptors (Lipinski definition) is 4. The Morgan fingerprint density at radius 1 is 1.00 bits per heavy atom. The summed E-state index contributed by atoms with van der Waals surface area (Å²) in [5.41, 5.74) is -0.857. The fourth-order valence-corrected chi connectivity index (χ4v) is 2.06. The van der Waals surface area contributed by atoms with Crippen molar-refractivity contribution in [2.75, 3.05) is 20.3 Å². The summed E-state index contributed by atoms with van der Waals surface area (Å²) in [6.07, 6.45) is 0. The van der Waals surface area contributed by atoms with Gasteiger partial charge in [0.1, 0.15) is 6.61 Å². The molecule has 0 atom stereocenters. The summed E-state index contributed by atoms with van der Waals surface area (Å²) < 4.78 is 49.5. The van der Waals surface area contributed by atoms with Crippen molar-refractivity contribution >= 4 is 12.6 Å². The van der Waals surface area contributed by atoms with Crippen LogP contribution in [0.1, 0.15) is 27.7 Å². The lowest BCUT2D eigenvalue weighted by Crippen LogP contribution is -2.41. The third-order valence-electron chi connectivity index (χ3n) is 4.08. The van der Waals surface area contributed by atoms with E-state index in [4.69, 9.17) is 18.8 Å². The van der Waals surface area contributed by atoms with Gasteiger partial charge in [-0.2, -0.15) is 0 Å². The summed E-state index contributed by atoms with van der Waals surface area (Å²) in [5, 5.41) is 0. The fourth-order valence-electron chi connectivity index (χ4n) is 2.06. The number of halogens is 2. The molecule has 1 aromatic rings. The molecule has 1 saturated heterocycles. The molecule has 0 bridgehead atoms. The summed E-state index contributed by atoms with van der Waals surface area (Å²) in [5.74, 6) is -2.00. The van der Waals surface area contributed by atoms with E-state index in [1.54, 1.807) is 0 Å². The maximum Gasteiger partial charge on any atom is 0.495 e. The van der Waals surface area contributed by atoms with Gasteiger partial charge in [0.25, 0.3) is 0 Å². The van der Waals surface area contributed by atoms with Crippen molar-refractivity contribution in [1.29, 1.82) is 0 Å². The zero-order valence-corrected chi connectivity index (χ0v) is 13.5. The Balaban J connectivity index is 2.21. The average molecular weight is 314 g/mol. The predicted molar refractivity (Wildman–Crippen MR) is 79.4 cm³/mol. The molecule has 1 aromatic carbocycles. The molecular weight excluding hydrogens is 293 g/mol. The molecule has 0 aliphatic carbocycles. The highest BCUT2D eigenvalue weighted by atomic mass is 19.1. The van der Waals surface area contributed by atoms with Crippen molar-refractivity contribution in [3.8, 4) is 5.75 Å². The van der Waals surface area contributed by atoms with Crippen LogP contribution in [0.2, 0.25) is 0 Å². The van der Waals surface area contributed by atoms with Crippen LogP contribution >= 0.6 is 0 Å². The van der Waals surface area contributed by atoms with E-state index in [1.807, 2.05) is 27.7 Å². The first kappa shape index (κ1) is 17.2. The summed E-state index contributed by atoms with van der Waals surface area (Å²) in [7, 11) is 0.666. The van der Waals surface area contributed by atoms with Crippen LogP contribution in [0, 0.1) is 11.6 Å². The van der Waals surface area contributed by atoms with E-state index >= 15 is 0 Å². The van der Waals surface area contributed by atoms with Crippen LogP contribution < -0.4 is 10.2 Å². The van der Waals surface area contributed by atoms with Crippen molar-refractivity contribution in [2.45, 2.75) is 38.9 Å². The maximum absolute atomic E-state index is 14.1. The van der Waals surface area contributed by atoms with Crippen LogP contribution in [-0.4, -0.2) is 38.6 Å². The third kappa shape index (κ3) is 3.26. The van der Waals surface area contributed by atoms with Crippen molar-refractivity contribution in [3.05, 3.63) is 23.8 Å². The van der Waals surface area contributed by atoms with Crippen molar-refractivity contribution in [1.82, 2.24) is 0 Å². The van der Waals surface area contributed by atoms with Gasteiger partial charge in [-0.1, -0.05) is 0 Å². The van der Waals surface area contributed by atoms with E-state index in [9.17, 15) is 8.78 Å². The third-order valence-corrected chi connectivity index (χ3v) is 4.08. The fraction of sp³-hybridized carbons (Fsp3) is 0.600. The van der Waals surface area contributed by atoms with Crippen LogP contribution in [0.3, 0.4) is 0 Å². The number of ether oxygens (including phenoxy) is 2. The van der Waals surface area contributed by atoms with E-state index in [1.165, 1.54) is 19.2 Å². The Hall–Kier alpha value is -1.18. The standard InChI is InChI=1S/C15H21BF2O4/c1-14(2)15(3,4)22-16(21-14)10-8-11(17)13(12(18)9-10)20-7-6-19-5/h8-9H,6-7H2,1-5H3. The molecule has 0 amide bonds. The SMILES string of the molecule is COCCOc1c(F)cc(B2OC(C)(C)C(C)(C)O2)cc1F. The summed E-state index contributed by atoms with van der Waals surface area (Å²) in [6.45, 7) is 7.83. The van der Waals surface area contributed by atoms with Crippen molar-refractivity contribution in [2.24, 2.45) is 0 Å². The lowest BCUT2D eigenvalue weighted by molar-refractivity contribution is 0.00578. The van der Waals surface area contributed by atoms with E-state index in [-0.39, 0.29) is 18.7 Å². The highest BCUT2D eigenvalue weighted by Crippen LogP contribution is 2.36. The highest BCUT2D eigenvalue weighted by Gasteiger charge is 2.52. The molecule has 0 radical (unpaired) electrons. The van der Waals surface area contributed by atoms with E-state index < -0.39 is 35.7 Å². The first-order valence-electron chi connectivity index (χ1n) is 7.14. The molecule has 1 fully saturated rings. The van der Waals surface area contributed by atoms with Crippen molar-refractivity contribution in [3.63, 3.8) is 0 Å². The lowest BCUT2D eigenvalue weighted by atomic mass is 9.79. The van der Waals surface area contributed by atoms with Crippen LogP contribution in [0.4, 0.5) is 8.78 Å². The van der Waals surface area contributed by atoms with Crippen LogP contribution in [0.5, 0.6) is 5.75 Å². The van der Waals surface area contributed by atoms with Crippen LogP contribution in [-0.2, 0) is 14.0 Å². The predicted octanol–water partition coefficient (Wildman–Crippen LogP) is 2.29. The Kier molecular flexibility index (Phi) is 4.80. The second-order valence-corrected chi connectivity index (χ2v) is 6.24. The first-order valence-corrected chi connectivity index (χ1v) is 7.14. The van der Waals surface area contributed by atoms with Gasteiger partial charge < -0.3 is 18.8 Å². The Morgan fingerprint density at radius 2 is 1.50 bits per heavy atom. The molecular formula is C15H21BF2O4. The molecule has 7 heteroatoms. The smallest absolute Gasteiger partial charge is 0.485 e. The second-order valence-electron chi connectivity index (χ2n) is 6.24. The van der Waals surface area contributed by atoms with E-state index in [0.29, 0.717) is 0 Å². The van der Waals surface area contributed by atoms with E-state index in [2.05, 4.69) is 0 Å². The molecule has 0 aromatic heterocycles. The molecule has 1 aliphatic heterocycles. The molecule has 0 spiro atoms. The Morgan fingerprint density at radius 3 is 1.95 bits per heavy atom. The molecule has 0 N–H and O–H groups in total. The molecule has 1 aliphatic rings. The molecule has 22 heavy (non-hydrogen) atoms. The minimum Gasteiger partial charge on any atom is -0.485 e. The van der Waals surface area contributed by atoms with Crippen LogP contribution in [0.25, 0.3) is 0 Å². The number of rotatable bonds is 5. The highest BCUT2D eigenvalue weighted by molar-refractivity contribution is 6.62. The maximum atomic E-state index is 14.1. The number of benzene rings is 1. The van der Waals surface area contributed by atoms with Gasteiger partial charge in [0.05, 0.1) is 17.8 Å². The quantitative estimate of drug-likeness (QED) is 0.617.